The van der Waals surface area contributed by atoms with E-state index in [1.165, 1.54) is 11.6 Å². The number of carboxylic acid groups (broad SMARTS) is 1. The van der Waals surface area contributed by atoms with Crippen LogP contribution in [0.5, 0.6) is 0 Å². The van der Waals surface area contributed by atoms with Crippen molar-refractivity contribution in [1.29, 1.82) is 0 Å². The maximum absolute atomic E-state index is 12.2. The van der Waals surface area contributed by atoms with E-state index >= 15 is 0 Å². The summed E-state index contributed by atoms with van der Waals surface area (Å²) in [5, 5.41) is 9.26. The summed E-state index contributed by atoms with van der Waals surface area (Å²) in [6.45, 7) is 1.74. The average molecular weight is 265 g/mol. The van der Waals surface area contributed by atoms with E-state index in [4.69, 9.17) is 5.11 Å². The van der Waals surface area contributed by atoms with Gasteiger partial charge in [0.2, 0.25) is 0 Å². The molecular formula is C12H15N3O4. The molecule has 0 aliphatic rings. The Morgan fingerprint density at radius 1 is 1.11 bits per heavy atom. The van der Waals surface area contributed by atoms with Crippen molar-refractivity contribution in [3.63, 3.8) is 0 Å². The molecule has 0 unspecified atom stereocenters. The highest BCUT2D eigenvalue weighted by molar-refractivity contribution is 5.86. The molecule has 0 fully saturated rings. The molecule has 0 saturated carbocycles. The average Bonchev–Trinajstić information content (AvgIpc) is 2.58. The molecule has 2 aromatic rings. The van der Waals surface area contributed by atoms with E-state index in [9.17, 15) is 14.4 Å². The second kappa shape index (κ2) is 4.11. The Bertz CT molecular complexity index is 807. The van der Waals surface area contributed by atoms with Crippen LogP contribution >= 0.6 is 0 Å². The van der Waals surface area contributed by atoms with Crippen molar-refractivity contribution in [2.45, 2.75) is 13.3 Å². The Kier molecular flexibility index (Phi) is 2.84. The third kappa shape index (κ3) is 1.69. The topological polar surface area (TPSA) is 86.2 Å². The fourth-order valence-electron chi connectivity index (χ4n) is 2.40. The molecule has 0 spiro atoms. The van der Waals surface area contributed by atoms with Crippen LogP contribution in [-0.2, 0) is 32.4 Å². The molecule has 102 valence electrons. The van der Waals surface area contributed by atoms with E-state index < -0.39 is 17.2 Å². The van der Waals surface area contributed by atoms with Gasteiger partial charge in [-0.05, 0) is 12.5 Å². The van der Waals surface area contributed by atoms with Crippen molar-refractivity contribution in [1.82, 2.24) is 13.7 Å². The third-order valence-corrected chi connectivity index (χ3v) is 3.52. The number of hydrogen-bond acceptors (Lipinski definition) is 3. The van der Waals surface area contributed by atoms with Crippen molar-refractivity contribution in [2.24, 2.45) is 21.1 Å². The molecule has 19 heavy (non-hydrogen) atoms. The quantitative estimate of drug-likeness (QED) is 0.794. The summed E-state index contributed by atoms with van der Waals surface area (Å²) in [5.74, 6) is -1.01. The van der Waals surface area contributed by atoms with Gasteiger partial charge in [0.25, 0.3) is 5.56 Å². The zero-order valence-electron chi connectivity index (χ0n) is 11.2. The molecule has 0 aromatic carbocycles. The molecule has 2 heterocycles. The number of nitrogens with zero attached hydrogens (tertiary/aromatic N) is 3. The lowest BCUT2D eigenvalue weighted by atomic mass is 10.1. The lowest BCUT2D eigenvalue weighted by Gasteiger charge is -2.06. The molecule has 7 nitrogen and oxygen atoms in total. The third-order valence-electron chi connectivity index (χ3n) is 3.52. The van der Waals surface area contributed by atoms with Crippen LogP contribution in [0.4, 0.5) is 0 Å². The molecule has 0 bridgehead atoms. The summed E-state index contributed by atoms with van der Waals surface area (Å²) in [5.41, 5.74) is 0.691. The molecule has 2 rings (SSSR count). The second-order valence-corrected chi connectivity index (χ2v) is 4.60. The SMILES string of the molecule is Cc1c(CC(=O)O)c2c(=O)n(C)c(=O)n(C)c2n1C. The van der Waals surface area contributed by atoms with E-state index in [1.807, 2.05) is 0 Å². The van der Waals surface area contributed by atoms with Gasteiger partial charge in [-0.1, -0.05) is 0 Å². The van der Waals surface area contributed by atoms with E-state index in [0.717, 1.165) is 4.57 Å². The first-order valence-electron chi connectivity index (χ1n) is 5.73. The molecule has 0 radical (unpaired) electrons. The highest BCUT2D eigenvalue weighted by atomic mass is 16.4. The van der Waals surface area contributed by atoms with E-state index in [1.54, 1.807) is 25.6 Å². The number of hydrogen-bond donors (Lipinski definition) is 1. The number of aliphatic carboxylic acids is 1. The van der Waals surface area contributed by atoms with Crippen LogP contribution in [0.1, 0.15) is 11.3 Å². The summed E-state index contributed by atoms with van der Waals surface area (Å²) in [7, 11) is 4.66. The van der Waals surface area contributed by atoms with Crippen molar-refractivity contribution < 1.29 is 9.90 Å². The smallest absolute Gasteiger partial charge is 0.332 e. The number of aromatic nitrogens is 3. The van der Waals surface area contributed by atoms with Gasteiger partial charge < -0.3 is 9.67 Å². The first-order valence-corrected chi connectivity index (χ1v) is 5.73. The van der Waals surface area contributed by atoms with Crippen LogP contribution in [0.25, 0.3) is 11.0 Å². The van der Waals surface area contributed by atoms with Crippen LogP contribution in [-0.4, -0.2) is 24.8 Å². The minimum Gasteiger partial charge on any atom is -0.481 e. The highest BCUT2D eigenvalue weighted by Gasteiger charge is 2.21. The van der Waals surface area contributed by atoms with Gasteiger partial charge >= 0.3 is 11.7 Å². The van der Waals surface area contributed by atoms with Gasteiger partial charge in [0, 0.05) is 26.8 Å². The molecule has 0 aliphatic heterocycles. The maximum atomic E-state index is 12.2. The predicted molar refractivity (Wildman–Crippen MR) is 69.5 cm³/mol. The number of carboxylic acids is 1. The summed E-state index contributed by atoms with van der Waals surface area (Å²) in [6.07, 6.45) is -0.239. The zero-order valence-corrected chi connectivity index (χ0v) is 11.2. The molecule has 7 heteroatoms. The second-order valence-electron chi connectivity index (χ2n) is 4.60. The zero-order chi connectivity index (χ0) is 14.5. The van der Waals surface area contributed by atoms with Crippen molar-refractivity contribution >= 4 is 17.0 Å². The van der Waals surface area contributed by atoms with Gasteiger partial charge in [-0.15, -0.1) is 0 Å². The van der Waals surface area contributed by atoms with Gasteiger partial charge in [-0.3, -0.25) is 18.7 Å². The molecule has 0 atom stereocenters. The van der Waals surface area contributed by atoms with Crippen LogP contribution in [0.3, 0.4) is 0 Å². The number of rotatable bonds is 2. The van der Waals surface area contributed by atoms with Crippen LogP contribution in [0.2, 0.25) is 0 Å². The Labute approximate surface area is 108 Å². The lowest BCUT2D eigenvalue weighted by molar-refractivity contribution is -0.136. The Hall–Kier alpha value is -2.31. The fraction of sp³-hybridized carbons (Fsp3) is 0.417. The predicted octanol–water partition coefficient (Wildman–Crippen LogP) is -0.489. The summed E-state index contributed by atoms with van der Waals surface area (Å²) in [4.78, 5) is 35.0. The number of carbonyl (C=O) groups is 1. The monoisotopic (exact) mass is 265 g/mol. The highest BCUT2D eigenvalue weighted by Crippen LogP contribution is 2.21. The fourth-order valence-corrected chi connectivity index (χ4v) is 2.40. The lowest BCUT2D eigenvalue weighted by Crippen LogP contribution is -2.37. The molecule has 1 N–H and O–H groups in total. The molecule has 0 aliphatic carbocycles. The normalized spacial score (nSPS) is 11.2. The molecule has 0 saturated heterocycles. The first kappa shape index (κ1) is 13.1. The van der Waals surface area contributed by atoms with Crippen molar-refractivity contribution in [2.75, 3.05) is 0 Å². The Morgan fingerprint density at radius 3 is 2.21 bits per heavy atom. The van der Waals surface area contributed by atoms with Crippen LogP contribution in [0.15, 0.2) is 9.59 Å². The first-order chi connectivity index (χ1) is 8.77. The minimum atomic E-state index is -1.01. The van der Waals surface area contributed by atoms with Crippen molar-refractivity contribution in [3.8, 4) is 0 Å². The van der Waals surface area contributed by atoms with Crippen molar-refractivity contribution in [3.05, 3.63) is 32.1 Å². The standard InChI is InChI=1S/C12H15N3O4/c1-6-7(5-8(16)17)9-10(13(6)2)14(3)12(19)15(4)11(9)18/h5H2,1-4H3,(H,16,17). The maximum Gasteiger partial charge on any atom is 0.332 e. The van der Waals surface area contributed by atoms with E-state index in [0.29, 0.717) is 22.3 Å². The molecule has 0 amide bonds. The largest absolute Gasteiger partial charge is 0.481 e. The van der Waals surface area contributed by atoms with Crippen LogP contribution < -0.4 is 11.2 Å². The molecular weight excluding hydrogens is 250 g/mol. The van der Waals surface area contributed by atoms with Gasteiger partial charge in [0.1, 0.15) is 5.65 Å². The number of aryl methyl sites for hydroxylation is 2. The van der Waals surface area contributed by atoms with Gasteiger partial charge in [0.05, 0.1) is 11.8 Å². The van der Waals surface area contributed by atoms with Gasteiger partial charge in [0.15, 0.2) is 0 Å². The van der Waals surface area contributed by atoms with E-state index in [2.05, 4.69) is 0 Å². The summed E-state index contributed by atoms with van der Waals surface area (Å²) >= 11 is 0. The van der Waals surface area contributed by atoms with E-state index in [-0.39, 0.29) is 6.42 Å². The Morgan fingerprint density at radius 2 is 1.68 bits per heavy atom. The Balaban J connectivity index is 3.09. The molecule has 2 aromatic heterocycles. The number of fused-ring (bicyclic) bond motifs is 1. The minimum absolute atomic E-state index is 0.239. The summed E-state index contributed by atoms with van der Waals surface area (Å²) in [6, 6.07) is 0. The van der Waals surface area contributed by atoms with Gasteiger partial charge in [-0.2, -0.15) is 0 Å². The van der Waals surface area contributed by atoms with Gasteiger partial charge in [-0.25, -0.2) is 4.79 Å². The summed E-state index contributed by atoms with van der Waals surface area (Å²) < 4.78 is 4.03. The van der Waals surface area contributed by atoms with Crippen LogP contribution in [0, 0.1) is 6.92 Å².